The molecule has 2 N–H and O–H groups in total. The summed E-state index contributed by atoms with van der Waals surface area (Å²) < 4.78 is 0.974. The Morgan fingerprint density at radius 2 is 1.93 bits per heavy atom. The summed E-state index contributed by atoms with van der Waals surface area (Å²) in [4.78, 5) is 18.4. The van der Waals surface area contributed by atoms with Gasteiger partial charge in [-0.3, -0.25) is 4.79 Å². The Kier molecular flexibility index (Phi) is 4.47. The number of carbonyl (C=O) groups is 1. The van der Waals surface area contributed by atoms with Gasteiger partial charge in [-0.05, 0) is 60.2 Å². The lowest BCUT2D eigenvalue weighted by molar-refractivity contribution is -0.116. The highest BCUT2D eigenvalue weighted by Gasteiger charge is 2.45. The zero-order chi connectivity index (χ0) is 21.0. The largest absolute Gasteiger partial charge is 0.506 e. The number of Topliss-reactive ketones (excluding diaryl/α,β-unsaturated/α-hetero) is 1. The number of hydrogen-bond donors (Lipinski definition) is 2. The topological polar surface area (TPSA) is 61.7 Å². The SMILES string of the molecule is CC1(C)C=C2C(CC1)C(=O)C(=Nc1ccc(Br)cc1)C1=Cc3cccc(O)c3NC12. The Labute approximate surface area is 184 Å². The number of benzene rings is 2. The molecule has 2 atom stereocenters. The van der Waals surface area contributed by atoms with E-state index in [0.29, 0.717) is 11.4 Å². The number of aromatic hydroxyl groups is 1. The first-order valence-electron chi connectivity index (χ1n) is 10.2. The number of anilines is 1. The van der Waals surface area contributed by atoms with E-state index in [1.54, 1.807) is 6.07 Å². The first-order valence-corrected chi connectivity index (χ1v) is 11.0. The van der Waals surface area contributed by atoms with Crippen LogP contribution in [-0.2, 0) is 4.79 Å². The van der Waals surface area contributed by atoms with Crippen molar-refractivity contribution >= 4 is 44.9 Å². The molecule has 0 saturated heterocycles. The number of fused-ring (bicyclic) bond motifs is 4. The lowest BCUT2D eigenvalue weighted by Gasteiger charge is -2.43. The molecular weight excluding hydrogens is 440 g/mol. The number of para-hydroxylation sites is 1. The summed E-state index contributed by atoms with van der Waals surface area (Å²) >= 11 is 3.45. The van der Waals surface area contributed by atoms with Gasteiger partial charge < -0.3 is 10.4 Å². The second-order valence-electron chi connectivity index (χ2n) is 8.94. The summed E-state index contributed by atoms with van der Waals surface area (Å²) in [7, 11) is 0. The third-order valence-electron chi connectivity index (χ3n) is 6.25. The molecule has 30 heavy (non-hydrogen) atoms. The van der Waals surface area contributed by atoms with E-state index >= 15 is 0 Å². The molecule has 0 amide bonds. The average Bonchev–Trinajstić information content (AvgIpc) is 2.71. The zero-order valence-electron chi connectivity index (χ0n) is 16.9. The Hall–Kier alpha value is -2.66. The number of carbonyl (C=O) groups excluding carboxylic acids is 1. The number of hydrogen-bond acceptors (Lipinski definition) is 4. The molecule has 2 aliphatic carbocycles. The quantitative estimate of drug-likeness (QED) is 0.400. The van der Waals surface area contributed by atoms with Crippen LogP contribution in [0.25, 0.3) is 6.08 Å². The summed E-state index contributed by atoms with van der Waals surface area (Å²) in [5, 5.41) is 13.9. The predicted molar refractivity (Wildman–Crippen MR) is 124 cm³/mol. The maximum atomic E-state index is 13.6. The van der Waals surface area contributed by atoms with Crippen LogP contribution < -0.4 is 5.32 Å². The summed E-state index contributed by atoms with van der Waals surface area (Å²) in [5.41, 5.74) is 4.88. The van der Waals surface area contributed by atoms with E-state index < -0.39 is 0 Å². The van der Waals surface area contributed by atoms with Gasteiger partial charge in [0.1, 0.15) is 11.5 Å². The zero-order valence-corrected chi connectivity index (χ0v) is 18.5. The summed E-state index contributed by atoms with van der Waals surface area (Å²) in [6.45, 7) is 4.42. The van der Waals surface area contributed by atoms with Crippen molar-refractivity contribution in [2.75, 3.05) is 5.32 Å². The van der Waals surface area contributed by atoms with Crippen molar-refractivity contribution in [3.05, 3.63) is 69.7 Å². The van der Waals surface area contributed by atoms with Crippen molar-refractivity contribution in [1.82, 2.24) is 0 Å². The van der Waals surface area contributed by atoms with E-state index in [4.69, 9.17) is 4.99 Å². The van der Waals surface area contributed by atoms with Crippen molar-refractivity contribution in [3.63, 3.8) is 0 Å². The number of aliphatic imine (C=N–C) groups is 1. The third kappa shape index (κ3) is 3.21. The van der Waals surface area contributed by atoms with Crippen molar-refractivity contribution in [2.24, 2.45) is 16.3 Å². The molecule has 0 radical (unpaired) electrons. The highest BCUT2D eigenvalue weighted by Crippen LogP contribution is 2.47. The van der Waals surface area contributed by atoms with Crippen LogP contribution in [0.5, 0.6) is 5.75 Å². The molecule has 0 aromatic heterocycles. The van der Waals surface area contributed by atoms with Crippen molar-refractivity contribution in [2.45, 2.75) is 32.7 Å². The minimum absolute atomic E-state index is 0.0399. The monoisotopic (exact) mass is 462 g/mol. The standard InChI is InChI=1S/C25H23BrN2O2/c1-25(2)11-10-17-19(13-25)22-18(12-14-4-3-5-20(29)21(14)28-22)23(24(17)30)27-16-8-6-15(26)7-9-16/h3-9,12-13,17,22,28-29H,10-11H2,1-2H3. The molecule has 152 valence electrons. The van der Waals surface area contributed by atoms with Crippen LogP contribution in [0.3, 0.4) is 0 Å². The molecule has 1 saturated carbocycles. The van der Waals surface area contributed by atoms with Gasteiger partial charge in [0.05, 0.1) is 17.4 Å². The molecule has 2 aromatic carbocycles. The van der Waals surface area contributed by atoms with Gasteiger partial charge in [-0.15, -0.1) is 0 Å². The number of phenolic OH excluding ortho intramolecular Hbond substituents is 1. The van der Waals surface area contributed by atoms with Gasteiger partial charge in [-0.1, -0.05) is 48.0 Å². The molecule has 1 aliphatic heterocycles. The Morgan fingerprint density at radius 3 is 2.70 bits per heavy atom. The number of rotatable bonds is 1. The van der Waals surface area contributed by atoms with Crippen LogP contribution in [0.2, 0.25) is 0 Å². The molecular formula is C25H23BrN2O2. The van der Waals surface area contributed by atoms with E-state index in [2.05, 4.69) is 41.2 Å². The van der Waals surface area contributed by atoms with E-state index in [-0.39, 0.29) is 28.9 Å². The van der Waals surface area contributed by atoms with Gasteiger partial charge in [0.15, 0.2) is 5.78 Å². The predicted octanol–water partition coefficient (Wildman–Crippen LogP) is 6.05. The van der Waals surface area contributed by atoms with E-state index in [1.165, 1.54) is 0 Å². The Morgan fingerprint density at radius 1 is 1.17 bits per heavy atom. The van der Waals surface area contributed by atoms with Gasteiger partial charge in [-0.25, -0.2) is 4.99 Å². The van der Waals surface area contributed by atoms with Crippen LogP contribution in [-0.4, -0.2) is 22.6 Å². The smallest absolute Gasteiger partial charge is 0.188 e. The lowest BCUT2D eigenvalue weighted by Crippen LogP contribution is -2.47. The molecule has 5 heteroatoms. The van der Waals surface area contributed by atoms with Crippen LogP contribution >= 0.6 is 15.9 Å². The highest BCUT2D eigenvalue weighted by atomic mass is 79.9. The number of halogens is 1. The van der Waals surface area contributed by atoms with Gasteiger partial charge in [0.2, 0.25) is 0 Å². The molecule has 4 nitrogen and oxygen atoms in total. The molecule has 1 heterocycles. The lowest BCUT2D eigenvalue weighted by atomic mass is 9.65. The van der Waals surface area contributed by atoms with Gasteiger partial charge >= 0.3 is 0 Å². The van der Waals surface area contributed by atoms with Gasteiger partial charge in [0.25, 0.3) is 0 Å². The fourth-order valence-corrected chi connectivity index (χ4v) is 4.99. The van der Waals surface area contributed by atoms with Crippen LogP contribution in [0, 0.1) is 11.3 Å². The van der Waals surface area contributed by atoms with Crippen molar-refractivity contribution in [1.29, 1.82) is 0 Å². The first kappa shape index (κ1) is 19.3. The molecule has 1 fully saturated rings. The average molecular weight is 463 g/mol. The van der Waals surface area contributed by atoms with Gasteiger partial charge in [0, 0.05) is 21.5 Å². The number of ketones is 1. The number of phenols is 1. The molecule has 3 aliphatic rings. The fourth-order valence-electron chi connectivity index (χ4n) is 4.72. The summed E-state index contributed by atoms with van der Waals surface area (Å²) in [6, 6.07) is 13.0. The number of nitrogens with one attached hydrogen (secondary N) is 1. The fraction of sp³-hybridized carbons (Fsp3) is 0.280. The second-order valence-corrected chi connectivity index (χ2v) is 9.86. The van der Waals surface area contributed by atoms with Gasteiger partial charge in [-0.2, -0.15) is 0 Å². The molecule has 2 aromatic rings. The molecule has 5 rings (SSSR count). The minimum atomic E-state index is -0.172. The van der Waals surface area contributed by atoms with Crippen molar-refractivity contribution < 1.29 is 9.90 Å². The molecule has 0 bridgehead atoms. The maximum absolute atomic E-state index is 13.6. The van der Waals surface area contributed by atoms with E-state index in [0.717, 1.165) is 39.7 Å². The van der Waals surface area contributed by atoms with Crippen LogP contribution in [0.4, 0.5) is 11.4 Å². The van der Waals surface area contributed by atoms with Crippen molar-refractivity contribution in [3.8, 4) is 5.75 Å². The number of allylic oxidation sites excluding steroid dienone is 1. The summed E-state index contributed by atoms with van der Waals surface area (Å²) in [5.74, 6) is 0.139. The third-order valence-corrected chi connectivity index (χ3v) is 6.78. The minimum Gasteiger partial charge on any atom is -0.506 e. The van der Waals surface area contributed by atoms with Crippen LogP contribution in [0.1, 0.15) is 32.3 Å². The highest BCUT2D eigenvalue weighted by molar-refractivity contribution is 9.10. The molecule has 0 spiro atoms. The summed E-state index contributed by atoms with van der Waals surface area (Å²) in [6.07, 6.45) is 6.04. The van der Waals surface area contributed by atoms with E-state index in [1.807, 2.05) is 42.5 Å². The maximum Gasteiger partial charge on any atom is 0.188 e. The second kappa shape index (κ2) is 6.95. The van der Waals surface area contributed by atoms with E-state index in [9.17, 15) is 9.90 Å². The Balaban J connectivity index is 1.71. The number of nitrogens with zero attached hydrogens (tertiary/aromatic N) is 1. The Bertz CT molecular complexity index is 1140. The first-order chi connectivity index (χ1) is 14.3. The van der Waals surface area contributed by atoms with Crippen LogP contribution in [0.15, 0.2) is 69.2 Å². The normalized spacial score (nSPS) is 25.4. The molecule has 2 unspecified atom stereocenters.